The third-order valence-electron chi connectivity index (χ3n) is 3.18. The van der Waals surface area contributed by atoms with E-state index in [1.54, 1.807) is 0 Å². The van der Waals surface area contributed by atoms with Crippen molar-refractivity contribution in [2.45, 2.75) is 22.8 Å². The molecule has 2 aromatic rings. The number of benzene rings is 2. The smallest absolute Gasteiger partial charge is 0.262 e. The molecule has 2 rings (SSSR count). The van der Waals surface area contributed by atoms with Crippen LogP contribution in [0, 0.1) is 11.6 Å². The Morgan fingerprint density at radius 2 is 1.42 bits per heavy atom. The van der Waals surface area contributed by atoms with Crippen molar-refractivity contribution < 1.29 is 29.8 Å². The van der Waals surface area contributed by atoms with Crippen LogP contribution in [0.1, 0.15) is 18.6 Å². The van der Waals surface area contributed by atoms with Gasteiger partial charge in [-0.15, -0.1) is 0 Å². The Kier molecular flexibility index (Phi) is 5.07. The summed E-state index contributed by atoms with van der Waals surface area (Å²) in [6.07, 6.45) is 0.116. The van der Waals surface area contributed by atoms with Gasteiger partial charge in [0.05, 0.1) is 22.2 Å². The monoisotopic (exact) mass is 376 g/mol. The molecule has 0 amide bonds. The fraction of sp³-hybridized carbons (Fsp3) is 0.200. The van der Waals surface area contributed by atoms with Crippen molar-refractivity contribution in [1.82, 2.24) is 0 Å². The summed E-state index contributed by atoms with van der Waals surface area (Å²) in [6, 6.07) is 7.58. The quantitative estimate of drug-likeness (QED) is 0.592. The zero-order valence-electron chi connectivity index (χ0n) is 12.7. The molecule has 24 heavy (non-hydrogen) atoms. The van der Waals surface area contributed by atoms with E-state index in [9.17, 15) is 25.6 Å². The molecule has 0 heterocycles. The molecule has 1 unspecified atom stereocenters. The minimum atomic E-state index is -4.02. The minimum absolute atomic E-state index is 0.135. The summed E-state index contributed by atoms with van der Waals surface area (Å²) >= 11 is 0. The molecule has 2 aromatic carbocycles. The maximum Gasteiger partial charge on any atom is 0.264 e. The lowest BCUT2D eigenvalue weighted by molar-refractivity contribution is 0.236. The first-order valence-electron chi connectivity index (χ1n) is 6.69. The van der Waals surface area contributed by atoms with Gasteiger partial charge in [0.1, 0.15) is 0 Å². The Balaban J connectivity index is 2.34. The van der Waals surface area contributed by atoms with Crippen molar-refractivity contribution in [3.8, 4) is 0 Å². The van der Waals surface area contributed by atoms with Gasteiger partial charge in [0, 0.05) is 0 Å². The van der Waals surface area contributed by atoms with Crippen molar-refractivity contribution in [2.75, 3.05) is 6.26 Å². The molecule has 0 aliphatic rings. The lowest BCUT2D eigenvalue weighted by Crippen LogP contribution is -2.08. The number of hydrogen-bond acceptors (Lipinski definition) is 5. The Morgan fingerprint density at radius 3 is 1.92 bits per heavy atom. The molecule has 0 radical (unpaired) electrons. The Bertz CT molecular complexity index is 952. The van der Waals surface area contributed by atoms with E-state index in [0.29, 0.717) is 11.6 Å². The highest BCUT2D eigenvalue weighted by atomic mass is 32.2. The summed E-state index contributed by atoms with van der Waals surface area (Å²) in [5.74, 6) is -2.40. The highest BCUT2D eigenvalue weighted by Crippen LogP contribution is 2.25. The molecular formula is C15H14F2O5S2. The molecule has 0 aliphatic carbocycles. The molecule has 5 nitrogen and oxygen atoms in total. The van der Waals surface area contributed by atoms with Crippen LogP contribution in [0.4, 0.5) is 8.78 Å². The van der Waals surface area contributed by atoms with Crippen LogP contribution in [0.3, 0.4) is 0 Å². The second-order valence-corrected chi connectivity index (χ2v) is 8.64. The van der Waals surface area contributed by atoms with Gasteiger partial charge in [-0.1, -0.05) is 12.1 Å². The van der Waals surface area contributed by atoms with Crippen LogP contribution in [-0.4, -0.2) is 23.1 Å². The first kappa shape index (κ1) is 18.5. The zero-order valence-corrected chi connectivity index (χ0v) is 14.4. The summed E-state index contributed by atoms with van der Waals surface area (Å²) in [5, 5.41) is 0. The van der Waals surface area contributed by atoms with Gasteiger partial charge in [0.15, 0.2) is 11.6 Å². The summed E-state index contributed by atoms with van der Waals surface area (Å²) < 4.78 is 78.0. The van der Waals surface area contributed by atoms with Crippen LogP contribution in [0.2, 0.25) is 0 Å². The van der Waals surface area contributed by atoms with E-state index >= 15 is 0 Å². The van der Waals surface area contributed by atoms with Gasteiger partial charge in [-0.3, -0.25) is 4.18 Å². The third kappa shape index (κ3) is 4.16. The van der Waals surface area contributed by atoms with Crippen molar-refractivity contribution in [3.05, 3.63) is 59.7 Å². The first-order valence-corrected chi connectivity index (χ1v) is 9.99. The van der Waals surface area contributed by atoms with E-state index in [4.69, 9.17) is 4.18 Å². The molecule has 0 bridgehead atoms. The van der Waals surface area contributed by atoms with Crippen LogP contribution in [0.5, 0.6) is 0 Å². The SMILES string of the molecule is CC(OS(C)(=O)=O)c1ccc(S(=O)(=O)c2ccc(F)c(F)c2)cc1. The molecule has 0 saturated carbocycles. The molecular weight excluding hydrogens is 362 g/mol. The second-order valence-electron chi connectivity index (χ2n) is 5.09. The van der Waals surface area contributed by atoms with Gasteiger partial charge >= 0.3 is 0 Å². The second kappa shape index (κ2) is 6.58. The van der Waals surface area contributed by atoms with E-state index in [-0.39, 0.29) is 9.79 Å². The van der Waals surface area contributed by atoms with E-state index in [0.717, 1.165) is 18.4 Å². The number of rotatable bonds is 5. The normalized spacial score (nSPS) is 13.7. The summed E-state index contributed by atoms with van der Waals surface area (Å²) in [6.45, 7) is 1.50. The van der Waals surface area contributed by atoms with E-state index in [1.807, 2.05) is 0 Å². The number of halogens is 2. The average molecular weight is 376 g/mol. The molecule has 0 fully saturated rings. The fourth-order valence-corrected chi connectivity index (χ4v) is 3.92. The predicted molar refractivity (Wildman–Crippen MR) is 82.6 cm³/mol. The van der Waals surface area contributed by atoms with Crippen molar-refractivity contribution in [2.24, 2.45) is 0 Å². The average Bonchev–Trinajstić information content (AvgIpc) is 2.48. The molecule has 0 spiro atoms. The van der Waals surface area contributed by atoms with Crippen molar-refractivity contribution >= 4 is 20.0 Å². The topological polar surface area (TPSA) is 77.5 Å². The maximum atomic E-state index is 13.2. The first-order chi connectivity index (χ1) is 11.0. The van der Waals surface area contributed by atoms with E-state index in [2.05, 4.69) is 0 Å². The highest BCUT2D eigenvalue weighted by Gasteiger charge is 2.20. The Hall–Kier alpha value is -1.84. The molecule has 0 aliphatic heterocycles. The minimum Gasteiger partial charge on any atom is -0.262 e. The summed E-state index contributed by atoms with van der Waals surface area (Å²) in [5.41, 5.74) is 0.449. The lowest BCUT2D eigenvalue weighted by atomic mass is 10.1. The largest absolute Gasteiger partial charge is 0.264 e. The van der Waals surface area contributed by atoms with Gasteiger partial charge in [-0.05, 0) is 42.8 Å². The van der Waals surface area contributed by atoms with Crippen LogP contribution in [0.15, 0.2) is 52.3 Å². The number of hydrogen-bond donors (Lipinski definition) is 0. The third-order valence-corrected chi connectivity index (χ3v) is 5.59. The summed E-state index contributed by atoms with van der Waals surface area (Å²) in [4.78, 5) is -0.515. The van der Waals surface area contributed by atoms with Gasteiger partial charge < -0.3 is 0 Å². The molecule has 0 N–H and O–H groups in total. The van der Waals surface area contributed by atoms with Gasteiger partial charge in [0.25, 0.3) is 10.1 Å². The van der Waals surface area contributed by atoms with Crippen LogP contribution in [0.25, 0.3) is 0 Å². The van der Waals surface area contributed by atoms with Crippen molar-refractivity contribution in [1.29, 1.82) is 0 Å². The Labute approximate surface area is 138 Å². The van der Waals surface area contributed by atoms with E-state index < -0.39 is 37.7 Å². The van der Waals surface area contributed by atoms with E-state index in [1.165, 1.54) is 31.2 Å². The molecule has 9 heteroatoms. The fourth-order valence-electron chi connectivity index (χ4n) is 2.02. The molecule has 130 valence electrons. The standard InChI is InChI=1S/C15H14F2O5S2/c1-10(22-23(2,18)19)11-3-5-12(6-4-11)24(20,21)13-7-8-14(16)15(17)9-13/h3-10H,1-2H3. The maximum absolute atomic E-state index is 13.2. The van der Waals surface area contributed by atoms with Gasteiger partial charge in [0.2, 0.25) is 9.84 Å². The van der Waals surface area contributed by atoms with Crippen LogP contribution >= 0.6 is 0 Å². The predicted octanol–water partition coefficient (Wildman–Crippen LogP) is 2.83. The zero-order chi connectivity index (χ0) is 18.1. The number of sulfone groups is 1. The van der Waals surface area contributed by atoms with Crippen LogP contribution < -0.4 is 0 Å². The molecule has 0 aromatic heterocycles. The Morgan fingerprint density at radius 1 is 0.875 bits per heavy atom. The van der Waals surface area contributed by atoms with Crippen LogP contribution in [-0.2, 0) is 24.1 Å². The summed E-state index contributed by atoms with van der Waals surface area (Å²) in [7, 11) is -7.68. The van der Waals surface area contributed by atoms with Crippen molar-refractivity contribution in [3.63, 3.8) is 0 Å². The highest BCUT2D eigenvalue weighted by molar-refractivity contribution is 7.91. The lowest BCUT2D eigenvalue weighted by Gasteiger charge is -2.12. The van der Waals surface area contributed by atoms with Gasteiger partial charge in [-0.25, -0.2) is 17.2 Å². The molecule has 1 atom stereocenters. The van der Waals surface area contributed by atoms with Gasteiger partial charge in [-0.2, -0.15) is 8.42 Å². The molecule has 0 saturated heterocycles.